The molecule has 0 bridgehead atoms. The predicted octanol–water partition coefficient (Wildman–Crippen LogP) is 5.10. The number of hydrogen-bond acceptors (Lipinski definition) is 5. The van der Waals surface area contributed by atoms with E-state index in [0.29, 0.717) is 11.4 Å². The van der Waals surface area contributed by atoms with Gasteiger partial charge in [-0.15, -0.1) is 11.3 Å². The minimum atomic E-state index is -0.490. The Hall–Kier alpha value is -3.69. The minimum Gasteiger partial charge on any atom is -0.465 e. The van der Waals surface area contributed by atoms with E-state index >= 15 is 0 Å². The number of nitrogens with zero attached hydrogens (tertiary/aromatic N) is 2. The Morgan fingerprint density at radius 3 is 2.81 bits per heavy atom. The number of anilines is 1. The summed E-state index contributed by atoms with van der Waals surface area (Å²) in [6.45, 7) is 0. The molecule has 0 fully saturated rings. The van der Waals surface area contributed by atoms with Crippen molar-refractivity contribution >= 4 is 39.2 Å². The third-order valence-electron chi connectivity index (χ3n) is 3.86. The number of carbonyl (C=O) groups is 1. The van der Waals surface area contributed by atoms with Crippen LogP contribution in [0.3, 0.4) is 0 Å². The Kier molecular flexibility index (Phi) is 4.52. The number of benzene rings is 2. The van der Waals surface area contributed by atoms with Crippen molar-refractivity contribution in [3.05, 3.63) is 78.3 Å². The maximum Gasteiger partial charge on any atom is 0.266 e. The predicted molar refractivity (Wildman–Crippen MR) is 106 cm³/mol. The van der Waals surface area contributed by atoms with Crippen LogP contribution in [0.25, 0.3) is 26.9 Å². The number of hydrogen-bond donors (Lipinski definition) is 1. The van der Waals surface area contributed by atoms with E-state index in [9.17, 15) is 10.1 Å². The molecule has 0 saturated carbocycles. The van der Waals surface area contributed by atoms with Crippen molar-refractivity contribution in [1.82, 2.24) is 4.98 Å². The van der Waals surface area contributed by atoms with Gasteiger partial charge in [0, 0.05) is 17.3 Å². The van der Waals surface area contributed by atoms with Gasteiger partial charge in [-0.25, -0.2) is 4.98 Å². The largest absolute Gasteiger partial charge is 0.465 e. The van der Waals surface area contributed by atoms with Crippen LogP contribution in [-0.2, 0) is 4.79 Å². The zero-order valence-electron chi connectivity index (χ0n) is 14.0. The third-order valence-corrected chi connectivity index (χ3v) is 4.94. The molecule has 2 aromatic carbocycles. The zero-order valence-corrected chi connectivity index (χ0v) is 14.9. The van der Waals surface area contributed by atoms with E-state index in [0.717, 1.165) is 20.8 Å². The lowest BCUT2D eigenvalue weighted by Crippen LogP contribution is -2.13. The highest BCUT2D eigenvalue weighted by molar-refractivity contribution is 7.21. The van der Waals surface area contributed by atoms with Crippen molar-refractivity contribution in [1.29, 1.82) is 5.26 Å². The normalized spacial score (nSPS) is 11.3. The standard InChI is InChI=1S/C21H13N3O2S/c22-13-15(12-17-7-4-10-26-17)20(25)23-16-6-3-5-14(11-16)21-24-18-8-1-2-9-19(18)27-21/h1-12H,(H,23,25)/b15-12-. The first-order valence-corrected chi connectivity index (χ1v) is 8.97. The van der Waals surface area contributed by atoms with E-state index in [4.69, 9.17) is 4.42 Å². The molecule has 130 valence electrons. The summed E-state index contributed by atoms with van der Waals surface area (Å²) < 4.78 is 6.26. The molecule has 0 radical (unpaired) electrons. The third kappa shape index (κ3) is 3.64. The fourth-order valence-electron chi connectivity index (χ4n) is 2.59. The van der Waals surface area contributed by atoms with Crippen molar-refractivity contribution in [3.8, 4) is 16.6 Å². The number of carbonyl (C=O) groups excluding carboxylic acids is 1. The molecule has 2 aromatic heterocycles. The van der Waals surface area contributed by atoms with Crippen molar-refractivity contribution in [2.45, 2.75) is 0 Å². The Bertz CT molecular complexity index is 1150. The van der Waals surface area contributed by atoms with Gasteiger partial charge >= 0.3 is 0 Å². The maximum atomic E-state index is 12.4. The summed E-state index contributed by atoms with van der Waals surface area (Å²) in [5, 5.41) is 12.9. The molecule has 27 heavy (non-hydrogen) atoms. The summed E-state index contributed by atoms with van der Waals surface area (Å²) in [7, 11) is 0. The van der Waals surface area contributed by atoms with Gasteiger partial charge in [-0.1, -0.05) is 24.3 Å². The molecular weight excluding hydrogens is 358 g/mol. The van der Waals surface area contributed by atoms with Gasteiger partial charge in [0.25, 0.3) is 5.91 Å². The van der Waals surface area contributed by atoms with Gasteiger partial charge in [0.15, 0.2) is 0 Å². The molecule has 0 saturated heterocycles. The molecule has 6 heteroatoms. The number of thiazole rings is 1. The van der Waals surface area contributed by atoms with Crippen molar-refractivity contribution in [3.63, 3.8) is 0 Å². The smallest absolute Gasteiger partial charge is 0.266 e. The van der Waals surface area contributed by atoms with Crippen LogP contribution >= 0.6 is 11.3 Å². The number of nitrogens with one attached hydrogen (secondary N) is 1. The first-order chi connectivity index (χ1) is 13.2. The number of amides is 1. The quantitative estimate of drug-likeness (QED) is 0.400. The summed E-state index contributed by atoms with van der Waals surface area (Å²) in [5.41, 5.74) is 2.41. The van der Waals surface area contributed by atoms with E-state index in [1.54, 1.807) is 29.5 Å². The monoisotopic (exact) mass is 371 g/mol. The van der Waals surface area contributed by atoms with Crippen molar-refractivity contribution in [2.75, 3.05) is 5.32 Å². The number of furan rings is 1. The molecule has 0 aliphatic carbocycles. The van der Waals surface area contributed by atoms with Gasteiger partial charge in [-0.05, 0) is 36.4 Å². The van der Waals surface area contributed by atoms with Crippen LogP contribution in [0.4, 0.5) is 5.69 Å². The van der Waals surface area contributed by atoms with Gasteiger partial charge in [-0.3, -0.25) is 4.79 Å². The molecule has 0 aliphatic heterocycles. The van der Waals surface area contributed by atoms with E-state index in [-0.39, 0.29) is 5.57 Å². The molecule has 4 aromatic rings. The first kappa shape index (κ1) is 16.8. The van der Waals surface area contributed by atoms with Crippen LogP contribution in [0.1, 0.15) is 5.76 Å². The van der Waals surface area contributed by atoms with E-state index in [2.05, 4.69) is 10.3 Å². The lowest BCUT2D eigenvalue weighted by molar-refractivity contribution is -0.112. The van der Waals surface area contributed by atoms with Gasteiger partial charge in [0.05, 0.1) is 16.5 Å². The molecule has 2 heterocycles. The lowest BCUT2D eigenvalue weighted by atomic mass is 10.2. The lowest BCUT2D eigenvalue weighted by Gasteiger charge is -2.05. The fourth-order valence-corrected chi connectivity index (χ4v) is 3.55. The number of para-hydroxylation sites is 1. The van der Waals surface area contributed by atoms with Gasteiger partial charge in [0.2, 0.25) is 0 Å². The topological polar surface area (TPSA) is 78.9 Å². The molecular formula is C21H13N3O2S. The van der Waals surface area contributed by atoms with Crippen LogP contribution in [0.2, 0.25) is 0 Å². The Labute approximate surface area is 159 Å². The summed E-state index contributed by atoms with van der Waals surface area (Å²) >= 11 is 1.59. The van der Waals surface area contributed by atoms with Crippen LogP contribution in [0, 0.1) is 11.3 Å². The molecule has 5 nitrogen and oxygen atoms in total. The van der Waals surface area contributed by atoms with Gasteiger partial charge in [-0.2, -0.15) is 5.26 Å². The Morgan fingerprint density at radius 1 is 1.15 bits per heavy atom. The van der Waals surface area contributed by atoms with E-state index in [1.165, 1.54) is 12.3 Å². The van der Waals surface area contributed by atoms with Crippen LogP contribution in [-0.4, -0.2) is 10.9 Å². The molecule has 0 atom stereocenters. The average molecular weight is 371 g/mol. The first-order valence-electron chi connectivity index (χ1n) is 8.15. The summed E-state index contributed by atoms with van der Waals surface area (Å²) in [4.78, 5) is 17.0. The summed E-state index contributed by atoms with van der Waals surface area (Å²) in [5.74, 6) is -0.0414. The molecule has 0 unspecified atom stereocenters. The maximum absolute atomic E-state index is 12.4. The molecule has 1 N–H and O–H groups in total. The number of nitriles is 1. The minimum absolute atomic E-state index is 0.0321. The highest BCUT2D eigenvalue weighted by atomic mass is 32.1. The summed E-state index contributed by atoms with van der Waals surface area (Å²) in [6.07, 6.45) is 2.90. The second kappa shape index (κ2) is 7.28. The second-order valence-electron chi connectivity index (χ2n) is 5.71. The Morgan fingerprint density at radius 2 is 2.04 bits per heavy atom. The SMILES string of the molecule is N#C/C(=C/c1ccco1)C(=O)Nc1cccc(-c2nc3ccccc3s2)c1. The van der Waals surface area contributed by atoms with Gasteiger partial charge < -0.3 is 9.73 Å². The van der Waals surface area contributed by atoms with Crippen LogP contribution in [0.5, 0.6) is 0 Å². The number of aromatic nitrogens is 1. The van der Waals surface area contributed by atoms with E-state index in [1.807, 2.05) is 48.5 Å². The Balaban J connectivity index is 1.59. The second-order valence-corrected chi connectivity index (χ2v) is 6.74. The van der Waals surface area contributed by atoms with Crippen LogP contribution < -0.4 is 5.32 Å². The number of fused-ring (bicyclic) bond motifs is 1. The van der Waals surface area contributed by atoms with Crippen LogP contribution in [0.15, 0.2) is 76.9 Å². The van der Waals surface area contributed by atoms with Gasteiger partial charge in [0.1, 0.15) is 22.4 Å². The number of rotatable bonds is 4. The highest BCUT2D eigenvalue weighted by Crippen LogP contribution is 2.31. The molecule has 4 rings (SSSR count). The van der Waals surface area contributed by atoms with Crippen molar-refractivity contribution in [2.24, 2.45) is 0 Å². The van der Waals surface area contributed by atoms with E-state index < -0.39 is 5.91 Å². The van der Waals surface area contributed by atoms with Crippen molar-refractivity contribution < 1.29 is 9.21 Å². The summed E-state index contributed by atoms with van der Waals surface area (Å²) in [6, 6.07) is 20.6. The fraction of sp³-hybridized carbons (Fsp3) is 0. The highest BCUT2D eigenvalue weighted by Gasteiger charge is 2.12. The molecule has 0 spiro atoms. The molecule has 0 aliphatic rings. The zero-order chi connectivity index (χ0) is 18.6. The molecule has 1 amide bonds. The average Bonchev–Trinajstić information content (AvgIpc) is 3.35.